The highest BCUT2D eigenvalue weighted by Crippen LogP contribution is 2.19. The van der Waals surface area contributed by atoms with E-state index in [1.165, 1.54) is 70.6 Å². The van der Waals surface area contributed by atoms with Crippen molar-refractivity contribution in [3.63, 3.8) is 0 Å². The van der Waals surface area contributed by atoms with Crippen LogP contribution in [-0.4, -0.2) is 25.8 Å². The van der Waals surface area contributed by atoms with Gasteiger partial charge in [-0.1, -0.05) is 51.9 Å². The zero-order valence-electron chi connectivity index (χ0n) is 12.5. The minimum absolute atomic E-state index is 0.534. The summed E-state index contributed by atoms with van der Waals surface area (Å²) in [6, 6.07) is 0.670. The van der Waals surface area contributed by atoms with Gasteiger partial charge in [0, 0.05) is 12.6 Å². The second-order valence-electron chi connectivity index (χ2n) is 5.77. The van der Waals surface area contributed by atoms with E-state index in [2.05, 4.69) is 19.3 Å². The first-order chi connectivity index (χ1) is 8.86. The van der Waals surface area contributed by atoms with Gasteiger partial charge in [0.1, 0.15) is 0 Å². The molecule has 0 aliphatic carbocycles. The number of hydrogen-bond acceptors (Lipinski definition) is 2. The average Bonchev–Trinajstić information content (AvgIpc) is 2.89. The van der Waals surface area contributed by atoms with Crippen molar-refractivity contribution < 1.29 is 4.74 Å². The molecule has 1 N–H and O–H groups in total. The Morgan fingerprint density at radius 2 is 1.83 bits per heavy atom. The molecule has 1 aliphatic heterocycles. The summed E-state index contributed by atoms with van der Waals surface area (Å²) in [5, 5.41) is 3.46. The SMILES string of the molecule is CCCCCCCCCC(CC1CCCO1)NC. The van der Waals surface area contributed by atoms with E-state index in [4.69, 9.17) is 4.74 Å². The molecule has 2 unspecified atom stereocenters. The van der Waals surface area contributed by atoms with Gasteiger partial charge in [0.05, 0.1) is 6.10 Å². The summed E-state index contributed by atoms with van der Waals surface area (Å²) in [6.07, 6.45) is 15.5. The van der Waals surface area contributed by atoms with E-state index in [0.717, 1.165) is 6.61 Å². The second-order valence-corrected chi connectivity index (χ2v) is 5.77. The van der Waals surface area contributed by atoms with Crippen LogP contribution in [0.2, 0.25) is 0 Å². The Labute approximate surface area is 114 Å². The maximum absolute atomic E-state index is 5.72. The lowest BCUT2D eigenvalue weighted by atomic mass is 10.00. The average molecular weight is 255 g/mol. The minimum atomic E-state index is 0.534. The van der Waals surface area contributed by atoms with Crippen LogP contribution in [0.1, 0.15) is 77.6 Å². The maximum atomic E-state index is 5.72. The zero-order valence-corrected chi connectivity index (χ0v) is 12.5. The molecule has 1 heterocycles. The number of ether oxygens (including phenoxy) is 1. The molecule has 1 saturated heterocycles. The monoisotopic (exact) mass is 255 g/mol. The van der Waals surface area contributed by atoms with Crippen molar-refractivity contribution in [1.29, 1.82) is 0 Å². The second kappa shape index (κ2) is 10.8. The Bertz CT molecular complexity index is 178. The molecule has 0 aromatic carbocycles. The largest absolute Gasteiger partial charge is 0.378 e. The molecule has 2 nitrogen and oxygen atoms in total. The summed E-state index contributed by atoms with van der Waals surface area (Å²) in [6.45, 7) is 3.27. The fraction of sp³-hybridized carbons (Fsp3) is 1.00. The van der Waals surface area contributed by atoms with Crippen molar-refractivity contribution in [3.8, 4) is 0 Å². The van der Waals surface area contributed by atoms with Crippen molar-refractivity contribution in [2.75, 3.05) is 13.7 Å². The van der Waals surface area contributed by atoms with E-state index in [9.17, 15) is 0 Å². The molecule has 18 heavy (non-hydrogen) atoms. The van der Waals surface area contributed by atoms with E-state index < -0.39 is 0 Å². The molecule has 0 radical (unpaired) electrons. The topological polar surface area (TPSA) is 21.3 Å². The highest BCUT2D eigenvalue weighted by atomic mass is 16.5. The van der Waals surface area contributed by atoms with Crippen molar-refractivity contribution in [2.24, 2.45) is 0 Å². The Kier molecular flexibility index (Phi) is 9.59. The van der Waals surface area contributed by atoms with E-state index in [1.54, 1.807) is 0 Å². The van der Waals surface area contributed by atoms with Crippen molar-refractivity contribution in [3.05, 3.63) is 0 Å². The molecule has 0 saturated carbocycles. The Morgan fingerprint density at radius 1 is 1.11 bits per heavy atom. The van der Waals surface area contributed by atoms with Gasteiger partial charge in [-0.2, -0.15) is 0 Å². The Hall–Kier alpha value is -0.0800. The fourth-order valence-corrected chi connectivity index (χ4v) is 2.88. The molecule has 108 valence electrons. The lowest BCUT2D eigenvalue weighted by Crippen LogP contribution is -2.29. The maximum Gasteiger partial charge on any atom is 0.0590 e. The number of nitrogens with one attached hydrogen (secondary N) is 1. The Morgan fingerprint density at radius 3 is 2.44 bits per heavy atom. The van der Waals surface area contributed by atoms with Crippen LogP contribution in [0.4, 0.5) is 0 Å². The van der Waals surface area contributed by atoms with Crippen LogP contribution in [0, 0.1) is 0 Å². The summed E-state index contributed by atoms with van der Waals surface area (Å²) in [7, 11) is 2.10. The number of rotatable bonds is 11. The van der Waals surface area contributed by atoms with Gasteiger partial charge in [-0.3, -0.25) is 0 Å². The summed E-state index contributed by atoms with van der Waals surface area (Å²) >= 11 is 0. The van der Waals surface area contributed by atoms with E-state index in [1.807, 2.05) is 0 Å². The van der Waals surface area contributed by atoms with Crippen molar-refractivity contribution >= 4 is 0 Å². The van der Waals surface area contributed by atoms with Gasteiger partial charge in [-0.25, -0.2) is 0 Å². The highest BCUT2D eigenvalue weighted by Gasteiger charge is 2.19. The first kappa shape index (κ1) is 16.0. The summed E-state index contributed by atoms with van der Waals surface area (Å²) in [5.41, 5.74) is 0. The molecule has 2 heteroatoms. The van der Waals surface area contributed by atoms with Crippen molar-refractivity contribution in [1.82, 2.24) is 5.32 Å². The summed E-state index contributed by atoms with van der Waals surface area (Å²) in [5.74, 6) is 0. The van der Waals surface area contributed by atoms with Crippen LogP contribution >= 0.6 is 0 Å². The van der Waals surface area contributed by atoms with Gasteiger partial charge in [-0.15, -0.1) is 0 Å². The molecular formula is C16H33NO. The number of hydrogen-bond donors (Lipinski definition) is 1. The normalized spacial score (nSPS) is 21.3. The van der Waals surface area contributed by atoms with Gasteiger partial charge in [0.2, 0.25) is 0 Å². The summed E-state index contributed by atoms with van der Waals surface area (Å²) < 4.78 is 5.72. The quantitative estimate of drug-likeness (QED) is 0.556. The molecular weight excluding hydrogens is 222 g/mol. The fourth-order valence-electron chi connectivity index (χ4n) is 2.88. The zero-order chi connectivity index (χ0) is 13.1. The molecule has 0 aromatic rings. The Balaban J connectivity index is 1.94. The van der Waals surface area contributed by atoms with Gasteiger partial charge in [-0.05, 0) is 32.7 Å². The third-order valence-corrected chi connectivity index (χ3v) is 4.14. The minimum Gasteiger partial charge on any atom is -0.378 e. The standard InChI is InChI=1S/C16H33NO/c1-3-4-5-6-7-8-9-11-15(17-2)14-16-12-10-13-18-16/h15-17H,3-14H2,1-2H3. The smallest absolute Gasteiger partial charge is 0.0590 e. The highest BCUT2D eigenvalue weighted by molar-refractivity contribution is 4.74. The first-order valence-electron chi connectivity index (χ1n) is 8.15. The van der Waals surface area contributed by atoms with E-state index in [0.29, 0.717) is 12.1 Å². The molecule has 0 bridgehead atoms. The van der Waals surface area contributed by atoms with Crippen LogP contribution in [0.3, 0.4) is 0 Å². The van der Waals surface area contributed by atoms with Crippen molar-refractivity contribution in [2.45, 2.75) is 89.7 Å². The predicted octanol–water partition coefficient (Wildman–Crippen LogP) is 4.28. The van der Waals surface area contributed by atoms with Gasteiger partial charge < -0.3 is 10.1 Å². The van der Waals surface area contributed by atoms with Crippen LogP contribution in [-0.2, 0) is 4.74 Å². The van der Waals surface area contributed by atoms with Crippen LogP contribution < -0.4 is 5.32 Å². The lowest BCUT2D eigenvalue weighted by Gasteiger charge is -2.19. The van der Waals surface area contributed by atoms with Crippen LogP contribution in [0.15, 0.2) is 0 Å². The van der Waals surface area contributed by atoms with Crippen LogP contribution in [0.5, 0.6) is 0 Å². The molecule has 0 spiro atoms. The molecule has 1 aliphatic rings. The molecule has 0 amide bonds. The van der Waals surface area contributed by atoms with E-state index in [-0.39, 0.29) is 0 Å². The third-order valence-electron chi connectivity index (χ3n) is 4.14. The molecule has 1 rings (SSSR count). The summed E-state index contributed by atoms with van der Waals surface area (Å²) in [4.78, 5) is 0. The van der Waals surface area contributed by atoms with Gasteiger partial charge >= 0.3 is 0 Å². The predicted molar refractivity (Wildman–Crippen MR) is 79.0 cm³/mol. The first-order valence-corrected chi connectivity index (χ1v) is 8.15. The van der Waals surface area contributed by atoms with Gasteiger partial charge in [0.25, 0.3) is 0 Å². The van der Waals surface area contributed by atoms with E-state index >= 15 is 0 Å². The molecule has 2 atom stereocenters. The third kappa shape index (κ3) is 7.38. The molecule has 0 aromatic heterocycles. The lowest BCUT2D eigenvalue weighted by molar-refractivity contribution is 0.0941. The number of unbranched alkanes of at least 4 members (excludes halogenated alkanes) is 6. The van der Waals surface area contributed by atoms with Gasteiger partial charge in [0.15, 0.2) is 0 Å². The molecule has 1 fully saturated rings. The van der Waals surface area contributed by atoms with Crippen LogP contribution in [0.25, 0.3) is 0 Å².